The van der Waals surface area contributed by atoms with E-state index in [9.17, 15) is 0 Å². The highest BCUT2D eigenvalue weighted by molar-refractivity contribution is 5.74. The number of benzene rings is 1. The summed E-state index contributed by atoms with van der Waals surface area (Å²) < 4.78 is 15.6. The normalized spacial score (nSPS) is 10.3. The van der Waals surface area contributed by atoms with Crippen LogP contribution in [0.1, 0.15) is 5.56 Å². The summed E-state index contributed by atoms with van der Waals surface area (Å²) in [5, 5.41) is 0. The quantitative estimate of drug-likeness (QED) is 0.679. The van der Waals surface area contributed by atoms with Crippen molar-refractivity contribution in [2.24, 2.45) is 0 Å². The van der Waals surface area contributed by atoms with Gasteiger partial charge in [-0.15, -0.1) is 0 Å². The van der Waals surface area contributed by atoms with Gasteiger partial charge in [-0.1, -0.05) is 13.2 Å². The molecular formula is C11H10O3. The van der Waals surface area contributed by atoms with Crippen molar-refractivity contribution >= 4 is 11.2 Å². The van der Waals surface area contributed by atoms with Crippen molar-refractivity contribution in [1.29, 1.82) is 0 Å². The monoisotopic (exact) mass is 190 g/mol. The number of fused-ring (bicyclic) bond motifs is 2. The van der Waals surface area contributed by atoms with Gasteiger partial charge in [0.1, 0.15) is 12.2 Å². The average molecular weight is 190 g/mol. The fourth-order valence-corrected chi connectivity index (χ4v) is 1.32. The largest absolute Gasteiger partial charge is 0.497 e. The summed E-state index contributed by atoms with van der Waals surface area (Å²) in [5.41, 5.74) is 2.48. The second-order valence-electron chi connectivity index (χ2n) is 2.77. The molecule has 3 nitrogen and oxygen atoms in total. The van der Waals surface area contributed by atoms with Crippen LogP contribution in [0.15, 0.2) is 42.2 Å². The molecule has 0 aliphatic carbocycles. The molecule has 2 bridgehead atoms. The predicted molar refractivity (Wildman–Crippen MR) is 53.2 cm³/mol. The molecule has 0 fully saturated rings. The van der Waals surface area contributed by atoms with Crippen molar-refractivity contribution in [1.82, 2.24) is 0 Å². The minimum Gasteiger partial charge on any atom is -0.497 e. The number of hydrogen-bond donors (Lipinski definition) is 0. The Hall–Kier alpha value is -1.90. The van der Waals surface area contributed by atoms with Crippen LogP contribution in [0, 0.1) is 0 Å². The standard InChI is InChI=1S/C11H10O3/c1-3-12-7-8-5-11-10(13-4-2)6-9(8)14-11/h3-6H,1-2,7H2. The van der Waals surface area contributed by atoms with Crippen LogP contribution in [0.2, 0.25) is 0 Å². The summed E-state index contributed by atoms with van der Waals surface area (Å²) in [6.07, 6.45) is 2.78. The van der Waals surface area contributed by atoms with Crippen molar-refractivity contribution in [2.75, 3.05) is 0 Å². The maximum atomic E-state index is 5.41. The third-order valence-corrected chi connectivity index (χ3v) is 1.91. The van der Waals surface area contributed by atoms with Gasteiger partial charge in [0.05, 0.1) is 12.5 Å². The first-order chi connectivity index (χ1) is 6.85. The first kappa shape index (κ1) is 8.69. The van der Waals surface area contributed by atoms with Crippen LogP contribution < -0.4 is 4.74 Å². The zero-order valence-electron chi connectivity index (χ0n) is 7.66. The summed E-state index contributed by atoms with van der Waals surface area (Å²) in [5.74, 6) is 0.692. The first-order valence-electron chi connectivity index (χ1n) is 4.20. The molecule has 2 heterocycles. The Balaban J connectivity index is 2.23. The lowest BCUT2D eigenvalue weighted by molar-refractivity contribution is 0.238. The molecule has 0 radical (unpaired) electrons. The Labute approximate surface area is 81.6 Å². The fraction of sp³-hybridized carbons (Fsp3) is 0.0909. The molecule has 0 saturated carbocycles. The van der Waals surface area contributed by atoms with E-state index < -0.39 is 0 Å². The molecule has 0 N–H and O–H groups in total. The Bertz CT molecular complexity index is 442. The van der Waals surface area contributed by atoms with Gasteiger partial charge in [-0.2, -0.15) is 0 Å². The van der Waals surface area contributed by atoms with Crippen LogP contribution in [-0.2, 0) is 11.3 Å². The van der Waals surface area contributed by atoms with E-state index in [0.717, 1.165) is 11.1 Å². The zero-order valence-corrected chi connectivity index (χ0v) is 7.66. The molecule has 0 aliphatic heterocycles. The second-order valence-corrected chi connectivity index (χ2v) is 2.77. The van der Waals surface area contributed by atoms with Crippen molar-refractivity contribution in [3.05, 3.63) is 43.4 Å². The van der Waals surface area contributed by atoms with Crippen LogP contribution in [0.3, 0.4) is 0 Å². The highest BCUT2D eigenvalue weighted by Gasteiger charge is 2.13. The Morgan fingerprint density at radius 2 is 2.07 bits per heavy atom. The minimum absolute atomic E-state index is 0.472. The fourth-order valence-electron chi connectivity index (χ4n) is 1.32. The van der Waals surface area contributed by atoms with E-state index >= 15 is 0 Å². The molecule has 2 aromatic heterocycles. The average Bonchev–Trinajstić information content (AvgIpc) is 2.74. The van der Waals surface area contributed by atoms with Crippen LogP contribution in [-0.4, -0.2) is 0 Å². The summed E-state index contributed by atoms with van der Waals surface area (Å²) in [6, 6.07) is 3.70. The molecule has 14 heavy (non-hydrogen) atoms. The molecule has 0 spiro atoms. The highest BCUT2D eigenvalue weighted by Crippen LogP contribution is 2.33. The molecule has 0 aromatic carbocycles. The van der Waals surface area contributed by atoms with E-state index in [1.807, 2.05) is 12.1 Å². The van der Waals surface area contributed by atoms with Crippen LogP contribution in [0.5, 0.6) is 5.75 Å². The zero-order chi connectivity index (χ0) is 9.97. The van der Waals surface area contributed by atoms with E-state index in [0.29, 0.717) is 17.9 Å². The molecule has 0 atom stereocenters. The van der Waals surface area contributed by atoms with Gasteiger partial charge in [0.2, 0.25) is 0 Å². The van der Waals surface area contributed by atoms with Gasteiger partial charge in [0, 0.05) is 11.6 Å². The number of furan rings is 2. The van der Waals surface area contributed by atoms with Crippen LogP contribution in [0.4, 0.5) is 0 Å². The second kappa shape index (κ2) is 3.46. The lowest BCUT2D eigenvalue weighted by Gasteiger charge is -1.98. The van der Waals surface area contributed by atoms with E-state index in [4.69, 9.17) is 13.9 Å². The van der Waals surface area contributed by atoms with E-state index in [-0.39, 0.29) is 0 Å². The summed E-state index contributed by atoms with van der Waals surface area (Å²) >= 11 is 0. The third-order valence-electron chi connectivity index (χ3n) is 1.91. The number of hydrogen-bond acceptors (Lipinski definition) is 3. The van der Waals surface area contributed by atoms with Crippen LogP contribution >= 0.6 is 0 Å². The molecule has 0 amide bonds. The third kappa shape index (κ3) is 1.33. The molecule has 0 saturated heterocycles. The van der Waals surface area contributed by atoms with Crippen molar-refractivity contribution in [3.8, 4) is 5.75 Å². The first-order valence-corrected chi connectivity index (χ1v) is 4.20. The molecule has 3 heteroatoms. The Morgan fingerprint density at radius 3 is 2.64 bits per heavy atom. The van der Waals surface area contributed by atoms with Gasteiger partial charge in [0.15, 0.2) is 11.3 Å². The molecule has 0 aliphatic rings. The van der Waals surface area contributed by atoms with E-state index in [1.54, 1.807) is 0 Å². The smallest absolute Gasteiger partial charge is 0.172 e. The van der Waals surface area contributed by atoms with Gasteiger partial charge in [-0.05, 0) is 6.07 Å². The van der Waals surface area contributed by atoms with Gasteiger partial charge < -0.3 is 13.9 Å². The Morgan fingerprint density at radius 1 is 1.21 bits per heavy atom. The van der Waals surface area contributed by atoms with Gasteiger partial charge in [0.25, 0.3) is 0 Å². The van der Waals surface area contributed by atoms with Crippen molar-refractivity contribution < 1.29 is 13.9 Å². The van der Waals surface area contributed by atoms with Gasteiger partial charge in [-0.25, -0.2) is 0 Å². The number of ether oxygens (including phenoxy) is 2. The summed E-state index contributed by atoms with van der Waals surface area (Å²) in [7, 11) is 0. The Kier molecular flexibility index (Phi) is 2.14. The topological polar surface area (TPSA) is 31.6 Å². The van der Waals surface area contributed by atoms with Crippen molar-refractivity contribution in [2.45, 2.75) is 6.61 Å². The summed E-state index contributed by atoms with van der Waals surface area (Å²) in [4.78, 5) is 0. The molecule has 2 rings (SSSR count). The van der Waals surface area contributed by atoms with Gasteiger partial charge >= 0.3 is 0 Å². The summed E-state index contributed by atoms with van der Waals surface area (Å²) in [6.45, 7) is 7.42. The van der Waals surface area contributed by atoms with Crippen molar-refractivity contribution in [3.63, 3.8) is 0 Å². The minimum atomic E-state index is 0.472. The van der Waals surface area contributed by atoms with E-state index in [1.165, 1.54) is 12.5 Å². The molecule has 2 aromatic rings. The molecular weight excluding hydrogens is 180 g/mol. The predicted octanol–water partition coefficient (Wildman–Crippen LogP) is 3.05. The SMILES string of the molecule is C=COCc1cc2oc1cc2OC=C. The molecule has 0 unspecified atom stereocenters. The maximum Gasteiger partial charge on any atom is 0.172 e. The van der Waals surface area contributed by atoms with Crippen LogP contribution in [0.25, 0.3) is 11.2 Å². The van der Waals surface area contributed by atoms with E-state index in [2.05, 4.69) is 13.2 Å². The highest BCUT2D eigenvalue weighted by atomic mass is 16.5. The lowest BCUT2D eigenvalue weighted by Crippen LogP contribution is -1.85. The maximum absolute atomic E-state index is 5.41. The molecule has 72 valence electrons. The van der Waals surface area contributed by atoms with Gasteiger partial charge in [-0.3, -0.25) is 0 Å². The number of rotatable bonds is 5. The lowest BCUT2D eigenvalue weighted by atomic mass is 10.2.